The smallest absolute Gasteiger partial charge is 0.291 e. The summed E-state index contributed by atoms with van der Waals surface area (Å²) in [5.41, 5.74) is 0.995. The van der Waals surface area contributed by atoms with Gasteiger partial charge in [-0.15, -0.1) is 0 Å². The van der Waals surface area contributed by atoms with Gasteiger partial charge in [0.05, 0.1) is 4.91 Å². The van der Waals surface area contributed by atoms with Gasteiger partial charge < -0.3 is 9.73 Å². The lowest BCUT2D eigenvalue weighted by atomic mass is 10.2. The molecule has 26 heavy (non-hydrogen) atoms. The first-order valence-electron chi connectivity index (χ1n) is 8.19. The minimum atomic E-state index is -0.0982. The Balaban J connectivity index is 1.66. The van der Waals surface area contributed by atoms with Gasteiger partial charge in [0.25, 0.3) is 5.24 Å². The number of amides is 2. The predicted molar refractivity (Wildman–Crippen MR) is 108 cm³/mol. The van der Waals surface area contributed by atoms with Gasteiger partial charge in [-0.05, 0) is 36.4 Å². The Morgan fingerprint density at radius 2 is 2.04 bits per heavy atom. The quantitative estimate of drug-likeness (QED) is 0.455. The standard InChI is InChI=1S/C19H18N2O3S2/c1-13(22)20-10-5-11-21-18(25)17(26-19(21)23)12-15-8-9-16(24-15)14-6-3-2-4-7-14/h2-4,6-9,12H,5,10-11H2,1H3,(H,20,22). The van der Waals surface area contributed by atoms with Crippen LogP contribution in [-0.4, -0.2) is 34.1 Å². The highest BCUT2D eigenvalue weighted by atomic mass is 32.2. The Bertz CT molecular complexity index is 859. The minimum absolute atomic E-state index is 0.0812. The summed E-state index contributed by atoms with van der Waals surface area (Å²) in [5, 5.41) is 2.61. The zero-order valence-corrected chi connectivity index (χ0v) is 15.9. The van der Waals surface area contributed by atoms with E-state index in [1.807, 2.05) is 42.5 Å². The van der Waals surface area contributed by atoms with Crippen LogP contribution in [0.5, 0.6) is 0 Å². The molecule has 1 N–H and O–H groups in total. The largest absolute Gasteiger partial charge is 0.457 e. The highest BCUT2D eigenvalue weighted by Gasteiger charge is 2.31. The summed E-state index contributed by atoms with van der Waals surface area (Å²) in [6, 6.07) is 13.6. The Kier molecular flexibility index (Phi) is 5.90. The number of benzene rings is 1. The van der Waals surface area contributed by atoms with E-state index in [1.54, 1.807) is 11.0 Å². The summed E-state index contributed by atoms with van der Waals surface area (Å²) >= 11 is 6.53. The molecule has 1 aliphatic rings. The van der Waals surface area contributed by atoms with Gasteiger partial charge in [0, 0.05) is 25.6 Å². The number of thioether (sulfide) groups is 1. The molecule has 2 amide bonds. The van der Waals surface area contributed by atoms with E-state index in [0.29, 0.717) is 35.2 Å². The monoisotopic (exact) mass is 386 g/mol. The van der Waals surface area contributed by atoms with Crippen LogP contribution in [0, 0.1) is 0 Å². The number of hydrogen-bond donors (Lipinski definition) is 1. The number of carbonyl (C=O) groups excluding carboxylic acids is 2. The summed E-state index contributed by atoms with van der Waals surface area (Å²) in [6.07, 6.45) is 2.45. The van der Waals surface area contributed by atoms with Crippen molar-refractivity contribution in [3.05, 3.63) is 53.1 Å². The van der Waals surface area contributed by atoms with E-state index in [2.05, 4.69) is 5.32 Å². The maximum atomic E-state index is 12.2. The molecule has 1 fully saturated rings. The fourth-order valence-corrected chi connectivity index (χ4v) is 3.78. The van der Waals surface area contributed by atoms with Crippen LogP contribution in [0.2, 0.25) is 0 Å². The lowest BCUT2D eigenvalue weighted by Gasteiger charge is -2.14. The van der Waals surface area contributed by atoms with E-state index in [0.717, 1.165) is 23.1 Å². The molecule has 0 spiro atoms. The molecule has 0 saturated carbocycles. The first-order valence-corrected chi connectivity index (χ1v) is 9.42. The number of carbonyl (C=O) groups is 2. The van der Waals surface area contributed by atoms with Crippen molar-refractivity contribution in [2.24, 2.45) is 0 Å². The van der Waals surface area contributed by atoms with E-state index >= 15 is 0 Å². The topological polar surface area (TPSA) is 62.6 Å². The molecule has 2 aromatic rings. The first kappa shape index (κ1) is 18.4. The van der Waals surface area contributed by atoms with E-state index < -0.39 is 0 Å². The van der Waals surface area contributed by atoms with E-state index in [-0.39, 0.29) is 11.1 Å². The highest BCUT2D eigenvalue weighted by molar-refractivity contribution is 8.19. The number of thiocarbonyl (C=S) groups is 1. The van der Waals surface area contributed by atoms with Crippen molar-refractivity contribution < 1.29 is 14.0 Å². The van der Waals surface area contributed by atoms with Crippen molar-refractivity contribution in [2.45, 2.75) is 13.3 Å². The zero-order valence-electron chi connectivity index (χ0n) is 14.2. The summed E-state index contributed by atoms with van der Waals surface area (Å²) < 4.78 is 5.85. The molecule has 0 unspecified atom stereocenters. The molecule has 0 bridgehead atoms. The Morgan fingerprint density at radius 1 is 1.27 bits per heavy atom. The second kappa shape index (κ2) is 8.33. The molecule has 0 radical (unpaired) electrons. The van der Waals surface area contributed by atoms with Crippen molar-refractivity contribution in [1.82, 2.24) is 10.2 Å². The lowest BCUT2D eigenvalue weighted by molar-refractivity contribution is -0.118. The van der Waals surface area contributed by atoms with E-state index in [1.165, 1.54) is 6.92 Å². The molecule has 134 valence electrons. The van der Waals surface area contributed by atoms with Crippen molar-refractivity contribution >= 4 is 46.2 Å². The zero-order chi connectivity index (χ0) is 18.5. The van der Waals surface area contributed by atoms with Crippen LogP contribution in [0.3, 0.4) is 0 Å². The van der Waals surface area contributed by atoms with Gasteiger partial charge in [-0.3, -0.25) is 14.5 Å². The molecule has 2 heterocycles. The van der Waals surface area contributed by atoms with E-state index in [4.69, 9.17) is 16.6 Å². The average Bonchev–Trinajstić information content (AvgIpc) is 3.19. The van der Waals surface area contributed by atoms with Gasteiger partial charge in [-0.2, -0.15) is 0 Å². The van der Waals surface area contributed by atoms with Crippen LogP contribution in [0.25, 0.3) is 17.4 Å². The van der Waals surface area contributed by atoms with Crippen LogP contribution < -0.4 is 5.32 Å². The molecule has 7 heteroatoms. The molecule has 1 aromatic carbocycles. The van der Waals surface area contributed by atoms with Gasteiger partial charge in [-0.25, -0.2) is 0 Å². The van der Waals surface area contributed by atoms with Crippen LogP contribution in [0.4, 0.5) is 4.79 Å². The molecule has 0 atom stereocenters. The van der Waals surface area contributed by atoms with Crippen LogP contribution in [-0.2, 0) is 4.79 Å². The SMILES string of the molecule is CC(=O)NCCCN1C(=O)SC(=Cc2ccc(-c3ccccc3)o2)C1=S. The van der Waals surface area contributed by atoms with Crippen LogP contribution in [0.1, 0.15) is 19.1 Å². The molecule has 1 aliphatic heterocycles. The van der Waals surface area contributed by atoms with Crippen molar-refractivity contribution in [3.8, 4) is 11.3 Å². The first-order chi connectivity index (χ1) is 12.5. The third-order valence-corrected chi connectivity index (χ3v) is 5.26. The Hall–Kier alpha value is -2.38. The lowest BCUT2D eigenvalue weighted by Crippen LogP contribution is -2.31. The van der Waals surface area contributed by atoms with Crippen molar-refractivity contribution in [3.63, 3.8) is 0 Å². The molecular formula is C19H18N2O3S2. The van der Waals surface area contributed by atoms with Crippen molar-refractivity contribution in [2.75, 3.05) is 13.1 Å². The Labute approximate surface area is 161 Å². The number of nitrogens with one attached hydrogen (secondary N) is 1. The van der Waals surface area contributed by atoms with Gasteiger partial charge in [0.2, 0.25) is 5.91 Å². The number of hydrogen-bond acceptors (Lipinski definition) is 5. The van der Waals surface area contributed by atoms with Crippen molar-refractivity contribution in [1.29, 1.82) is 0 Å². The fraction of sp³-hybridized carbons (Fsp3) is 0.211. The minimum Gasteiger partial charge on any atom is -0.457 e. The molecular weight excluding hydrogens is 368 g/mol. The molecule has 0 aliphatic carbocycles. The molecule has 1 aromatic heterocycles. The van der Waals surface area contributed by atoms with Crippen LogP contribution >= 0.6 is 24.0 Å². The number of rotatable bonds is 6. The second-order valence-electron chi connectivity index (χ2n) is 5.74. The summed E-state index contributed by atoms with van der Waals surface area (Å²) in [5.74, 6) is 1.34. The summed E-state index contributed by atoms with van der Waals surface area (Å²) in [4.78, 5) is 25.8. The Morgan fingerprint density at radius 3 is 2.77 bits per heavy atom. The summed E-state index contributed by atoms with van der Waals surface area (Å²) in [6.45, 7) is 2.47. The maximum absolute atomic E-state index is 12.2. The molecule has 1 saturated heterocycles. The van der Waals surface area contributed by atoms with Gasteiger partial charge >= 0.3 is 0 Å². The molecule has 5 nitrogen and oxygen atoms in total. The van der Waals surface area contributed by atoms with Gasteiger partial charge in [-0.1, -0.05) is 42.5 Å². The second-order valence-corrected chi connectivity index (χ2v) is 7.12. The third-order valence-electron chi connectivity index (χ3n) is 3.76. The normalized spacial score (nSPS) is 15.7. The van der Waals surface area contributed by atoms with E-state index in [9.17, 15) is 9.59 Å². The predicted octanol–water partition coefficient (Wildman–Crippen LogP) is 4.31. The van der Waals surface area contributed by atoms with Gasteiger partial charge in [0.1, 0.15) is 16.5 Å². The summed E-state index contributed by atoms with van der Waals surface area (Å²) in [7, 11) is 0. The average molecular weight is 386 g/mol. The number of furan rings is 1. The third kappa shape index (κ3) is 4.42. The fourth-order valence-electron chi connectivity index (χ4n) is 2.51. The maximum Gasteiger partial charge on any atom is 0.291 e. The number of nitrogens with zero attached hydrogens (tertiary/aromatic N) is 1. The van der Waals surface area contributed by atoms with Gasteiger partial charge in [0.15, 0.2) is 0 Å². The molecule has 3 rings (SSSR count). The van der Waals surface area contributed by atoms with Crippen LogP contribution in [0.15, 0.2) is 51.8 Å². The highest BCUT2D eigenvalue weighted by Crippen LogP contribution is 2.34.